The van der Waals surface area contributed by atoms with Gasteiger partial charge in [-0.05, 0) is 177 Å². The average molecular weight is 1160 g/mol. The first-order valence-electron chi connectivity index (χ1n) is 31.5. The van der Waals surface area contributed by atoms with E-state index in [1.54, 1.807) is 0 Å². The van der Waals surface area contributed by atoms with Crippen LogP contribution in [-0.2, 0) is 57.4 Å². The zero-order valence-corrected chi connectivity index (χ0v) is 51.1. The number of benzene rings is 6. The van der Waals surface area contributed by atoms with Crippen molar-refractivity contribution < 1.29 is 38.1 Å². The van der Waals surface area contributed by atoms with Crippen LogP contribution in [0.25, 0.3) is 11.1 Å². The first kappa shape index (κ1) is 66.9. The molecule has 0 amide bonds. The fourth-order valence-electron chi connectivity index (χ4n) is 10.6. The van der Waals surface area contributed by atoms with Gasteiger partial charge in [-0.25, -0.2) is 19.2 Å². The summed E-state index contributed by atoms with van der Waals surface area (Å²) in [5.41, 5.74) is 13.4. The summed E-state index contributed by atoms with van der Waals surface area (Å²) in [5.74, 6) is -1.50. The molecule has 0 bridgehead atoms. The summed E-state index contributed by atoms with van der Waals surface area (Å²) in [6.45, 7) is 17.5. The number of carbonyl (C=O) groups is 4. The largest absolute Gasteiger partial charge is 0.463 e. The van der Waals surface area contributed by atoms with Gasteiger partial charge in [0, 0.05) is 58.4 Å². The molecular weight excluding hydrogens is 1070 g/mol. The Morgan fingerprint density at radius 3 is 0.930 bits per heavy atom. The third-order valence-corrected chi connectivity index (χ3v) is 15.5. The van der Waals surface area contributed by atoms with Crippen molar-refractivity contribution in [1.82, 2.24) is 0 Å². The molecule has 0 radical (unpaired) electrons. The number of nitrogens with zero attached hydrogens (tertiary/aromatic N) is 2. The van der Waals surface area contributed by atoms with Gasteiger partial charge in [0.25, 0.3) is 0 Å². The fourth-order valence-corrected chi connectivity index (χ4v) is 10.6. The Balaban J connectivity index is 1.18. The number of carbonyl (C=O) groups excluding carboxylic acids is 4. The van der Waals surface area contributed by atoms with Crippen molar-refractivity contribution in [1.29, 1.82) is 0 Å². The van der Waals surface area contributed by atoms with Gasteiger partial charge in [-0.15, -0.1) is 0 Å². The number of hydrogen-bond acceptors (Lipinski definition) is 10. The molecule has 6 aromatic carbocycles. The van der Waals surface area contributed by atoms with Crippen molar-refractivity contribution in [3.05, 3.63) is 218 Å². The Kier molecular flexibility index (Phi) is 30.1. The van der Waals surface area contributed by atoms with Gasteiger partial charge in [0.2, 0.25) is 0 Å². The molecule has 0 aliphatic heterocycles. The summed E-state index contributed by atoms with van der Waals surface area (Å²) in [4.78, 5) is 51.1. The lowest BCUT2D eigenvalue weighted by Crippen LogP contribution is -2.12. The molecular formula is C76H92N2O8. The minimum absolute atomic E-state index is 0.353. The Bertz CT molecular complexity index is 2990. The number of hydrogen-bond donors (Lipinski definition) is 0. The predicted molar refractivity (Wildman–Crippen MR) is 353 cm³/mol. The van der Waals surface area contributed by atoms with Gasteiger partial charge < -0.3 is 28.7 Å². The monoisotopic (exact) mass is 1160 g/mol. The van der Waals surface area contributed by atoms with Gasteiger partial charge in [-0.1, -0.05) is 183 Å². The summed E-state index contributed by atoms with van der Waals surface area (Å²) < 4.78 is 21.3. The molecule has 454 valence electrons. The summed E-state index contributed by atoms with van der Waals surface area (Å²) in [7, 11) is 0. The van der Waals surface area contributed by atoms with E-state index >= 15 is 0 Å². The number of rotatable bonds is 42. The van der Waals surface area contributed by atoms with Gasteiger partial charge in [-0.2, -0.15) is 0 Å². The quantitative estimate of drug-likeness (QED) is 0.0159. The molecule has 86 heavy (non-hydrogen) atoms. The maximum atomic E-state index is 12.5. The van der Waals surface area contributed by atoms with Crippen LogP contribution in [0.15, 0.2) is 196 Å². The molecule has 0 aromatic heterocycles. The standard InChI is InChI=1S/C76H92N2O8/c1-6-11-22-32-72(86-76(82)10-5)65-43-55-71(56-44-65)78(68-49-37-61(38-50-68)30-24-17-13-15-20-27-58-84-74(80)8-3)70-53-41-64(42-54-70)63-39-51-69(52-40-63)77(67-47-35-62(36-48-67)31-25-18-21-28-59-85-75(81)9-4)66-45-33-60(34-46-66)29-23-16-12-14-19-26-57-83-73(79)7-2/h7-10,33-56,72H,2-6,11-32,57-59H2,1H3. The minimum Gasteiger partial charge on any atom is -0.463 e. The lowest BCUT2D eigenvalue weighted by Gasteiger charge is -2.27. The third kappa shape index (κ3) is 23.3. The lowest BCUT2D eigenvalue weighted by atomic mass is 10.0. The summed E-state index contributed by atoms with van der Waals surface area (Å²) in [6, 6.07) is 52.9. The zero-order valence-electron chi connectivity index (χ0n) is 51.1. The lowest BCUT2D eigenvalue weighted by molar-refractivity contribution is -0.144. The topological polar surface area (TPSA) is 112 Å². The average Bonchev–Trinajstić information content (AvgIpc) is 2.36. The molecule has 0 heterocycles. The van der Waals surface area contributed by atoms with Crippen molar-refractivity contribution >= 4 is 58.0 Å². The molecule has 1 unspecified atom stereocenters. The van der Waals surface area contributed by atoms with E-state index in [4.69, 9.17) is 18.9 Å². The molecule has 0 saturated heterocycles. The fraction of sp³-hybridized carbons (Fsp3) is 0.368. The Labute approximate surface area is 513 Å². The highest BCUT2D eigenvalue weighted by Crippen LogP contribution is 2.39. The molecule has 6 rings (SSSR count). The van der Waals surface area contributed by atoms with Crippen LogP contribution in [0.1, 0.15) is 164 Å². The Morgan fingerprint density at radius 1 is 0.349 bits per heavy atom. The van der Waals surface area contributed by atoms with Crippen molar-refractivity contribution in [2.24, 2.45) is 0 Å². The SMILES string of the molecule is C=CC(=O)OCCCCCCCCc1ccc(N(c2ccc(CCCCCCOC(=O)C=C)cc2)c2ccc(-c3ccc(N(c4ccc(CCCCCCCCOC(=O)C=C)cc4)c4ccc(C(CCCCC)OC(=O)C=C)cc4)cc3)cc2)cc1. The number of ether oxygens (including phenoxy) is 4. The molecule has 0 aliphatic rings. The molecule has 0 aliphatic carbocycles. The Morgan fingerprint density at radius 2 is 0.628 bits per heavy atom. The van der Waals surface area contributed by atoms with Crippen molar-refractivity contribution in [3.63, 3.8) is 0 Å². The Hall–Kier alpha value is -8.24. The molecule has 6 aromatic rings. The van der Waals surface area contributed by atoms with Crippen LogP contribution >= 0.6 is 0 Å². The maximum Gasteiger partial charge on any atom is 0.330 e. The van der Waals surface area contributed by atoms with Gasteiger partial charge >= 0.3 is 23.9 Å². The van der Waals surface area contributed by atoms with Gasteiger partial charge in [0.15, 0.2) is 0 Å². The first-order chi connectivity index (χ1) is 42.1. The van der Waals surface area contributed by atoms with Crippen LogP contribution in [0.3, 0.4) is 0 Å². The smallest absolute Gasteiger partial charge is 0.330 e. The molecule has 0 saturated carbocycles. The van der Waals surface area contributed by atoms with Crippen LogP contribution in [0.2, 0.25) is 0 Å². The zero-order chi connectivity index (χ0) is 61.0. The van der Waals surface area contributed by atoms with Crippen LogP contribution in [-0.4, -0.2) is 43.7 Å². The van der Waals surface area contributed by atoms with Crippen LogP contribution in [0, 0.1) is 0 Å². The molecule has 0 spiro atoms. The van der Waals surface area contributed by atoms with Crippen molar-refractivity contribution in [2.45, 2.75) is 161 Å². The van der Waals surface area contributed by atoms with Gasteiger partial charge in [-0.3, -0.25) is 0 Å². The van der Waals surface area contributed by atoms with E-state index < -0.39 is 5.97 Å². The molecule has 0 fully saturated rings. The molecule has 10 heteroatoms. The van der Waals surface area contributed by atoms with Gasteiger partial charge in [0.05, 0.1) is 19.8 Å². The third-order valence-electron chi connectivity index (χ3n) is 15.5. The number of unbranched alkanes of at least 4 members (excludes halogenated alkanes) is 15. The first-order valence-corrected chi connectivity index (χ1v) is 31.5. The normalized spacial score (nSPS) is 11.2. The van der Waals surface area contributed by atoms with E-state index in [0.717, 1.165) is 198 Å². The van der Waals surface area contributed by atoms with Crippen LogP contribution in [0.5, 0.6) is 0 Å². The van der Waals surface area contributed by atoms with E-state index in [9.17, 15) is 19.2 Å². The number of aryl methyl sites for hydroxylation is 3. The van der Waals surface area contributed by atoms with E-state index in [0.29, 0.717) is 19.8 Å². The number of esters is 4. The van der Waals surface area contributed by atoms with E-state index in [1.165, 1.54) is 41.0 Å². The van der Waals surface area contributed by atoms with E-state index in [2.05, 4.69) is 189 Å². The second-order valence-electron chi connectivity index (χ2n) is 22.0. The van der Waals surface area contributed by atoms with E-state index in [1.807, 2.05) is 0 Å². The predicted octanol–water partition coefficient (Wildman–Crippen LogP) is 19.7. The maximum absolute atomic E-state index is 12.5. The minimum atomic E-state index is -0.416. The van der Waals surface area contributed by atoms with Gasteiger partial charge in [0.1, 0.15) is 6.10 Å². The second kappa shape index (κ2) is 38.7. The van der Waals surface area contributed by atoms with Crippen LogP contribution in [0.4, 0.5) is 34.1 Å². The van der Waals surface area contributed by atoms with Crippen molar-refractivity contribution in [3.8, 4) is 11.1 Å². The summed E-state index contributed by atoms with van der Waals surface area (Å²) in [5, 5.41) is 0. The highest BCUT2D eigenvalue weighted by atomic mass is 16.5. The molecule has 1 atom stereocenters. The number of anilines is 6. The summed E-state index contributed by atoms with van der Waals surface area (Å²) >= 11 is 0. The molecule has 10 nitrogen and oxygen atoms in total. The summed E-state index contributed by atoms with van der Waals surface area (Å²) in [6.07, 6.45) is 28.3. The highest BCUT2D eigenvalue weighted by molar-refractivity contribution is 5.83. The second-order valence-corrected chi connectivity index (χ2v) is 22.0. The highest BCUT2D eigenvalue weighted by Gasteiger charge is 2.19. The van der Waals surface area contributed by atoms with E-state index in [-0.39, 0.29) is 24.0 Å². The van der Waals surface area contributed by atoms with Crippen molar-refractivity contribution in [2.75, 3.05) is 29.6 Å². The molecule has 0 N–H and O–H groups in total. The van der Waals surface area contributed by atoms with Crippen LogP contribution < -0.4 is 9.80 Å².